The van der Waals surface area contributed by atoms with E-state index in [1.807, 2.05) is 0 Å². The average molecular weight is 330 g/mol. The summed E-state index contributed by atoms with van der Waals surface area (Å²) in [5.41, 5.74) is 0. The number of aliphatic carboxylic acids is 2. The Morgan fingerprint density at radius 2 is 1.43 bits per heavy atom. The molecule has 0 aliphatic carbocycles. The van der Waals surface area contributed by atoms with Gasteiger partial charge in [-0.1, -0.05) is 0 Å². The van der Waals surface area contributed by atoms with Crippen LogP contribution in [0.1, 0.15) is 12.8 Å². The van der Waals surface area contributed by atoms with Gasteiger partial charge in [0.05, 0.1) is 12.8 Å². The van der Waals surface area contributed by atoms with E-state index < -0.39 is 59.3 Å². The highest BCUT2D eigenvalue weighted by molar-refractivity contribution is 7.80. The zero-order valence-corrected chi connectivity index (χ0v) is 10.8. The zero-order chi connectivity index (χ0) is 16.8. The van der Waals surface area contributed by atoms with Crippen molar-refractivity contribution >= 4 is 34.3 Å². The van der Waals surface area contributed by atoms with Crippen LogP contribution in [0.2, 0.25) is 0 Å². The molecule has 4 N–H and O–H groups in total. The van der Waals surface area contributed by atoms with Gasteiger partial charge in [-0.05, 0) is 0 Å². The number of aliphatic hydroxyl groups excluding tert-OH is 1. The van der Waals surface area contributed by atoms with E-state index in [0.717, 1.165) is 0 Å². The number of carboxylic acids is 2. The van der Waals surface area contributed by atoms with Crippen molar-refractivity contribution < 1.29 is 56.4 Å². The third-order valence-electron chi connectivity index (χ3n) is 1.70. The van der Waals surface area contributed by atoms with Crippen LogP contribution in [-0.2, 0) is 38.5 Å². The van der Waals surface area contributed by atoms with E-state index in [1.54, 1.807) is 0 Å². The summed E-state index contributed by atoms with van der Waals surface area (Å²) in [6.45, 7) is 0. The van der Waals surface area contributed by atoms with Gasteiger partial charge in [-0.25, -0.2) is 13.8 Å². The Hall–Kier alpha value is -2.09. The second-order valence-corrected chi connectivity index (χ2v) is 4.51. The Morgan fingerprint density at radius 1 is 0.952 bits per heavy atom. The van der Waals surface area contributed by atoms with Gasteiger partial charge >= 0.3 is 34.3 Å². The predicted octanol–water partition coefficient (Wildman–Crippen LogP) is -2.45. The van der Waals surface area contributed by atoms with E-state index in [9.17, 15) is 27.6 Å². The lowest BCUT2D eigenvalue weighted by molar-refractivity contribution is -0.173. The molecule has 0 radical (unpaired) electrons. The molecule has 0 aliphatic heterocycles. The monoisotopic (exact) mass is 330 g/mol. The molecule has 12 nitrogen and oxygen atoms in total. The molecule has 0 aliphatic rings. The van der Waals surface area contributed by atoms with Crippen LogP contribution in [-0.4, -0.2) is 64.4 Å². The fourth-order valence-electron chi connectivity index (χ4n) is 0.944. The Labute approximate surface area is 116 Å². The van der Waals surface area contributed by atoms with E-state index in [2.05, 4.69) is 8.92 Å². The lowest BCUT2D eigenvalue weighted by Gasteiger charge is -2.13. The molecule has 13 heteroatoms. The summed E-state index contributed by atoms with van der Waals surface area (Å²) in [6.07, 6.45) is -7.00. The molecule has 21 heavy (non-hydrogen) atoms. The van der Waals surface area contributed by atoms with Crippen molar-refractivity contribution in [3.8, 4) is 0 Å². The quantitative estimate of drug-likeness (QED) is 0.208. The summed E-state index contributed by atoms with van der Waals surface area (Å²) >= 11 is 0. The summed E-state index contributed by atoms with van der Waals surface area (Å²) in [5, 5.41) is 25.7. The molecule has 120 valence electrons. The molecule has 0 aromatic heterocycles. The summed E-state index contributed by atoms with van der Waals surface area (Å²) in [6, 6.07) is 0. The minimum atomic E-state index is -5.22. The normalized spacial score (nSPS) is 14.0. The summed E-state index contributed by atoms with van der Waals surface area (Å²) in [7, 11) is -5.22. The van der Waals surface area contributed by atoms with Crippen LogP contribution < -0.4 is 0 Å². The summed E-state index contributed by atoms with van der Waals surface area (Å²) in [5.74, 6) is -6.91. The van der Waals surface area contributed by atoms with Crippen molar-refractivity contribution in [3.63, 3.8) is 0 Å². The first kappa shape index (κ1) is 18.9. The van der Waals surface area contributed by atoms with E-state index in [4.69, 9.17) is 19.9 Å². The SMILES string of the molecule is O=C(O)CC(O)C(=O)OC(=O)C(CC(=O)O)OS(=O)(=O)O. The third-order valence-corrected chi connectivity index (χ3v) is 2.18. The highest BCUT2D eigenvalue weighted by Gasteiger charge is 2.32. The van der Waals surface area contributed by atoms with Gasteiger partial charge in [0.25, 0.3) is 0 Å². The second-order valence-electron chi connectivity index (χ2n) is 3.46. The highest BCUT2D eigenvalue weighted by Crippen LogP contribution is 2.07. The van der Waals surface area contributed by atoms with Crippen LogP contribution in [0.3, 0.4) is 0 Å². The molecule has 0 spiro atoms. The van der Waals surface area contributed by atoms with Gasteiger partial charge in [0.2, 0.25) is 0 Å². The van der Waals surface area contributed by atoms with E-state index in [1.165, 1.54) is 0 Å². The lowest BCUT2D eigenvalue weighted by Crippen LogP contribution is -2.36. The molecule has 0 amide bonds. The molecule has 0 aromatic rings. The van der Waals surface area contributed by atoms with Crippen molar-refractivity contribution in [2.45, 2.75) is 25.0 Å². The molecule has 2 unspecified atom stereocenters. The molecular formula is C8H10O12S. The van der Waals surface area contributed by atoms with Crippen molar-refractivity contribution in [1.29, 1.82) is 0 Å². The van der Waals surface area contributed by atoms with Crippen molar-refractivity contribution in [1.82, 2.24) is 0 Å². The molecule has 0 aromatic carbocycles. The fraction of sp³-hybridized carbons (Fsp3) is 0.500. The second kappa shape index (κ2) is 7.63. The minimum absolute atomic E-state index is 1.10. The van der Waals surface area contributed by atoms with E-state index in [0.29, 0.717) is 0 Å². The van der Waals surface area contributed by atoms with Crippen molar-refractivity contribution in [2.24, 2.45) is 0 Å². The maximum absolute atomic E-state index is 11.3. The smallest absolute Gasteiger partial charge is 0.398 e. The number of carboxylic acid groups (broad SMARTS) is 2. The van der Waals surface area contributed by atoms with E-state index >= 15 is 0 Å². The highest BCUT2D eigenvalue weighted by atomic mass is 32.3. The fourth-order valence-corrected chi connectivity index (χ4v) is 1.38. The van der Waals surface area contributed by atoms with Gasteiger partial charge < -0.3 is 20.1 Å². The minimum Gasteiger partial charge on any atom is -0.481 e. The molecular weight excluding hydrogens is 320 g/mol. The van der Waals surface area contributed by atoms with Gasteiger partial charge in [-0.3, -0.25) is 14.1 Å². The van der Waals surface area contributed by atoms with E-state index in [-0.39, 0.29) is 0 Å². The standard InChI is InChI=1S/C8H10O12S/c9-3(1-5(10)11)7(14)19-8(15)4(2-6(12)13)20-21(16,17)18/h3-4,9H,1-2H2,(H,10,11)(H,12,13)(H,16,17,18). The number of ether oxygens (including phenoxy) is 1. The Kier molecular flexibility index (Phi) is 6.87. The Morgan fingerprint density at radius 3 is 1.81 bits per heavy atom. The number of carbonyl (C=O) groups excluding carboxylic acids is 2. The number of hydrogen-bond donors (Lipinski definition) is 4. The average Bonchev–Trinajstić information content (AvgIpc) is 2.24. The first-order valence-electron chi connectivity index (χ1n) is 4.95. The molecule has 0 saturated heterocycles. The van der Waals surface area contributed by atoms with Gasteiger partial charge in [0.1, 0.15) is 0 Å². The maximum Gasteiger partial charge on any atom is 0.398 e. The topological polar surface area (TPSA) is 202 Å². The van der Waals surface area contributed by atoms with Crippen LogP contribution >= 0.6 is 0 Å². The number of hydrogen-bond acceptors (Lipinski definition) is 9. The third kappa shape index (κ3) is 8.64. The number of aliphatic hydroxyl groups is 1. The largest absolute Gasteiger partial charge is 0.481 e. The van der Waals surface area contributed by atoms with Gasteiger partial charge in [-0.15, -0.1) is 0 Å². The number of esters is 2. The molecule has 0 fully saturated rings. The summed E-state index contributed by atoms with van der Waals surface area (Å²) < 4.78 is 36.7. The molecule has 0 saturated carbocycles. The predicted molar refractivity (Wildman–Crippen MR) is 58.0 cm³/mol. The van der Waals surface area contributed by atoms with Gasteiger partial charge in [0.15, 0.2) is 12.2 Å². The Bertz CT molecular complexity index is 533. The van der Waals surface area contributed by atoms with Gasteiger partial charge in [0, 0.05) is 0 Å². The van der Waals surface area contributed by atoms with Crippen LogP contribution in [0.25, 0.3) is 0 Å². The van der Waals surface area contributed by atoms with Gasteiger partial charge in [-0.2, -0.15) is 8.42 Å². The maximum atomic E-state index is 11.3. The zero-order valence-electron chi connectivity index (χ0n) is 10.0. The Balaban J connectivity index is 4.85. The molecule has 0 bridgehead atoms. The molecule has 0 rings (SSSR count). The van der Waals surface area contributed by atoms with Crippen molar-refractivity contribution in [2.75, 3.05) is 0 Å². The number of carbonyl (C=O) groups is 4. The first-order chi connectivity index (χ1) is 9.42. The van der Waals surface area contributed by atoms with Crippen LogP contribution in [0.5, 0.6) is 0 Å². The van der Waals surface area contributed by atoms with Crippen molar-refractivity contribution in [3.05, 3.63) is 0 Å². The molecule has 0 heterocycles. The van der Waals surface area contributed by atoms with Crippen LogP contribution in [0.4, 0.5) is 0 Å². The first-order valence-corrected chi connectivity index (χ1v) is 6.31. The summed E-state index contributed by atoms with van der Waals surface area (Å²) in [4.78, 5) is 43.0. The molecule has 2 atom stereocenters. The van der Waals surface area contributed by atoms with Crippen LogP contribution in [0, 0.1) is 0 Å². The number of rotatable bonds is 8. The lowest BCUT2D eigenvalue weighted by atomic mass is 10.2. The van der Waals surface area contributed by atoms with Crippen LogP contribution in [0.15, 0.2) is 0 Å².